The van der Waals surface area contributed by atoms with Crippen LogP contribution in [0.25, 0.3) is 0 Å². The van der Waals surface area contributed by atoms with Gasteiger partial charge in [-0.3, -0.25) is 4.98 Å². The maximum Gasteiger partial charge on any atom is 0.407 e. The third-order valence-corrected chi connectivity index (χ3v) is 4.01. The molecule has 5 nitrogen and oxygen atoms in total. The predicted octanol–water partition coefficient (Wildman–Crippen LogP) is 3.57. The van der Waals surface area contributed by atoms with Gasteiger partial charge in [0, 0.05) is 24.3 Å². The molecule has 0 saturated heterocycles. The molecular formula is C18H29N3O2. The van der Waals surface area contributed by atoms with Gasteiger partial charge in [0.05, 0.1) is 5.69 Å². The highest BCUT2D eigenvalue weighted by Gasteiger charge is 2.26. The summed E-state index contributed by atoms with van der Waals surface area (Å²) in [6.45, 7) is 7.78. The van der Waals surface area contributed by atoms with E-state index in [1.165, 1.54) is 0 Å². The topological polar surface area (TPSA) is 63.2 Å². The summed E-state index contributed by atoms with van der Waals surface area (Å²) < 4.78 is 5.35. The molecule has 23 heavy (non-hydrogen) atoms. The molecule has 3 atom stereocenters. The zero-order valence-corrected chi connectivity index (χ0v) is 14.6. The molecule has 1 aliphatic rings. The van der Waals surface area contributed by atoms with Crippen molar-refractivity contribution in [2.45, 2.75) is 77.1 Å². The lowest BCUT2D eigenvalue weighted by Crippen LogP contribution is -2.46. The number of amides is 1. The number of nitrogens with one attached hydrogen (secondary N) is 2. The summed E-state index contributed by atoms with van der Waals surface area (Å²) in [4.78, 5) is 16.3. The van der Waals surface area contributed by atoms with Crippen LogP contribution in [0.4, 0.5) is 4.79 Å². The van der Waals surface area contributed by atoms with E-state index in [1.54, 1.807) is 0 Å². The first-order valence-electron chi connectivity index (χ1n) is 8.50. The van der Waals surface area contributed by atoms with Crippen molar-refractivity contribution in [3.63, 3.8) is 0 Å². The van der Waals surface area contributed by atoms with E-state index >= 15 is 0 Å². The fraction of sp³-hybridized carbons (Fsp3) is 0.667. The summed E-state index contributed by atoms with van der Waals surface area (Å²) in [5.41, 5.74) is 0.596. The van der Waals surface area contributed by atoms with Gasteiger partial charge in [-0.15, -0.1) is 0 Å². The molecule has 2 N–H and O–H groups in total. The van der Waals surface area contributed by atoms with Gasteiger partial charge in [0.2, 0.25) is 0 Å². The number of rotatable bonds is 4. The van der Waals surface area contributed by atoms with E-state index < -0.39 is 5.60 Å². The number of pyridine rings is 1. The SMILES string of the molecule is C[C@@H](NC1CCCC(NC(=O)OC(C)(C)C)C1)c1ccccn1. The van der Waals surface area contributed by atoms with Crippen molar-refractivity contribution in [1.82, 2.24) is 15.6 Å². The first-order chi connectivity index (χ1) is 10.8. The summed E-state index contributed by atoms with van der Waals surface area (Å²) in [6.07, 6.45) is 5.67. The Balaban J connectivity index is 1.82. The van der Waals surface area contributed by atoms with Crippen LogP contribution < -0.4 is 10.6 Å². The Morgan fingerprint density at radius 3 is 2.70 bits per heavy atom. The second-order valence-corrected chi connectivity index (χ2v) is 7.35. The number of alkyl carbamates (subject to hydrolysis) is 1. The van der Waals surface area contributed by atoms with Crippen LogP contribution in [0, 0.1) is 0 Å². The van der Waals surface area contributed by atoms with Crippen LogP contribution in [0.3, 0.4) is 0 Å². The quantitative estimate of drug-likeness (QED) is 0.890. The summed E-state index contributed by atoms with van der Waals surface area (Å²) in [5, 5.41) is 6.63. The Morgan fingerprint density at radius 2 is 2.04 bits per heavy atom. The van der Waals surface area contributed by atoms with Crippen molar-refractivity contribution in [2.75, 3.05) is 0 Å². The van der Waals surface area contributed by atoms with Crippen LogP contribution >= 0.6 is 0 Å². The maximum atomic E-state index is 11.9. The molecule has 1 amide bonds. The van der Waals surface area contributed by atoms with Crippen molar-refractivity contribution < 1.29 is 9.53 Å². The van der Waals surface area contributed by atoms with Gasteiger partial charge in [-0.2, -0.15) is 0 Å². The number of carbonyl (C=O) groups is 1. The van der Waals surface area contributed by atoms with Gasteiger partial charge in [-0.1, -0.05) is 6.07 Å². The first-order valence-corrected chi connectivity index (χ1v) is 8.50. The van der Waals surface area contributed by atoms with E-state index in [4.69, 9.17) is 4.74 Å². The third-order valence-electron chi connectivity index (χ3n) is 4.01. The molecule has 1 saturated carbocycles. The number of ether oxygens (including phenoxy) is 1. The summed E-state index contributed by atoms with van der Waals surface area (Å²) in [7, 11) is 0. The van der Waals surface area contributed by atoms with Crippen molar-refractivity contribution in [3.8, 4) is 0 Å². The van der Waals surface area contributed by atoms with Crippen molar-refractivity contribution in [3.05, 3.63) is 30.1 Å². The lowest BCUT2D eigenvalue weighted by molar-refractivity contribution is 0.0488. The molecule has 0 bridgehead atoms. The Morgan fingerprint density at radius 1 is 1.30 bits per heavy atom. The number of hydrogen-bond donors (Lipinski definition) is 2. The standard InChI is InChI=1S/C18H29N3O2/c1-13(16-10-5-6-11-19-16)20-14-8-7-9-15(12-14)21-17(22)23-18(2,3)4/h5-6,10-11,13-15,20H,7-9,12H2,1-4H3,(H,21,22)/t13-,14?,15?/m1/s1. The van der Waals surface area contributed by atoms with E-state index in [-0.39, 0.29) is 18.2 Å². The zero-order valence-electron chi connectivity index (χ0n) is 14.6. The third kappa shape index (κ3) is 6.18. The normalized spacial score (nSPS) is 23.1. The minimum Gasteiger partial charge on any atom is -0.444 e. The van der Waals surface area contributed by atoms with Gasteiger partial charge in [0.1, 0.15) is 5.60 Å². The van der Waals surface area contributed by atoms with Crippen LogP contribution in [-0.4, -0.2) is 28.8 Å². The van der Waals surface area contributed by atoms with Crippen LogP contribution in [0.15, 0.2) is 24.4 Å². The molecule has 0 aliphatic heterocycles. The van der Waals surface area contributed by atoms with Crippen LogP contribution in [0.5, 0.6) is 0 Å². The van der Waals surface area contributed by atoms with Crippen LogP contribution in [0.2, 0.25) is 0 Å². The smallest absolute Gasteiger partial charge is 0.407 e. The second-order valence-electron chi connectivity index (χ2n) is 7.35. The fourth-order valence-corrected chi connectivity index (χ4v) is 3.02. The molecule has 2 unspecified atom stereocenters. The van der Waals surface area contributed by atoms with Gasteiger partial charge in [-0.25, -0.2) is 4.79 Å². The van der Waals surface area contributed by atoms with E-state index in [0.29, 0.717) is 6.04 Å². The van der Waals surface area contributed by atoms with E-state index in [1.807, 2.05) is 45.2 Å². The average molecular weight is 319 g/mol. The van der Waals surface area contributed by atoms with E-state index in [2.05, 4.69) is 22.5 Å². The summed E-state index contributed by atoms with van der Waals surface area (Å²) >= 11 is 0. The molecule has 1 aliphatic carbocycles. The number of nitrogens with zero attached hydrogens (tertiary/aromatic N) is 1. The number of aromatic nitrogens is 1. The second kappa shape index (κ2) is 7.77. The van der Waals surface area contributed by atoms with Crippen LogP contribution in [0.1, 0.15) is 65.1 Å². The van der Waals surface area contributed by atoms with E-state index in [9.17, 15) is 4.79 Å². The highest BCUT2D eigenvalue weighted by molar-refractivity contribution is 5.68. The minimum absolute atomic E-state index is 0.173. The Kier molecular flexibility index (Phi) is 5.99. The Bertz CT molecular complexity index is 499. The molecule has 1 aromatic heterocycles. The Labute approximate surface area is 139 Å². The summed E-state index contributed by atoms with van der Waals surface area (Å²) in [6, 6.07) is 6.75. The summed E-state index contributed by atoms with van der Waals surface area (Å²) in [5.74, 6) is 0. The van der Waals surface area contributed by atoms with Gasteiger partial charge in [0.15, 0.2) is 0 Å². The molecule has 0 aromatic carbocycles. The maximum absolute atomic E-state index is 11.9. The molecule has 1 aromatic rings. The molecule has 0 spiro atoms. The number of hydrogen-bond acceptors (Lipinski definition) is 4. The molecule has 5 heteroatoms. The highest BCUT2D eigenvalue weighted by Crippen LogP contribution is 2.22. The predicted molar refractivity (Wildman–Crippen MR) is 91.2 cm³/mol. The lowest BCUT2D eigenvalue weighted by atomic mass is 9.90. The Hall–Kier alpha value is -1.62. The molecule has 0 radical (unpaired) electrons. The zero-order chi connectivity index (χ0) is 16.9. The average Bonchev–Trinajstić information content (AvgIpc) is 2.46. The minimum atomic E-state index is -0.454. The van der Waals surface area contributed by atoms with Gasteiger partial charge in [-0.05, 0) is 65.5 Å². The monoisotopic (exact) mass is 319 g/mol. The van der Waals surface area contributed by atoms with Crippen molar-refractivity contribution in [2.24, 2.45) is 0 Å². The van der Waals surface area contributed by atoms with Gasteiger partial charge >= 0.3 is 6.09 Å². The molecule has 1 fully saturated rings. The first kappa shape index (κ1) is 17.7. The lowest BCUT2D eigenvalue weighted by Gasteiger charge is -2.32. The fourth-order valence-electron chi connectivity index (χ4n) is 3.02. The van der Waals surface area contributed by atoms with Crippen molar-refractivity contribution >= 4 is 6.09 Å². The van der Waals surface area contributed by atoms with Gasteiger partial charge in [0.25, 0.3) is 0 Å². The largest absolute Gasteiger partial charge is 0.444 e. The molecular weight excluding hydrogens is 290 g/mol. The number of carbonyl (C=O) groups excluding carboxylic acids is 1. The van der Waals surface area contributed by atoms with Crippen LogP contribution in [-0.2, 0) is 4.74 Å². The van der Waals surface area contributed by atoms with Crippen molar-refractivity contribution in [1.29, 1.82) is 0 Å². The van der Waals surface area contributed by atoms with Gasteiger partial charge < -0.3 is 15.4 Å². The molecule has 1 heterocycles. The highest BCUT2D eigenvalue weighted by atomic mass is 16.6. The molecule has 128 valence electrons. The van der Waals surface area contributed by atoms with E-state index in [0.717, 1.165) is 31.4 Å². The molecule has 2 rings (SSSR count).